The van der Waals surface area contributed by atoms with Gasteiger partial charge in [0, 0.05) is 23.4 Å². The summed E-state index contributed by atoms with van der Waals surface area (Å²) in [5, 5.41) is 0. The number of rotatable bonds is 4. The van der Waals surface area contributed by atoms with Gasteiger partial charge in [0.1, 0.15) is 11.6 Å². The number of anilines is 2. The van der Waals surface area contributed by atoms with Crippen LogP contribution in [0.25, 0.3) is 0 Å². The number of nitrogens with one attached hydrogen (secondary N) is 1. The van der Waals surface area contributed by atoms with Crippen molar-refractivity contribution >= 4 is 27.3 Å². The van der Waals surface area contributed by atoms with E-state index in [1.807, 2.05) is 13.0 Å². The van der Waals surface area contributed by atoms with Gasteiger partial charge in [0.25, 0.3) is 15.9 Å². The second kappa shape index (κ2) is 7.53. The maximum atomic E-state index is 13.9. The highest BCUT2D eigenvalue weighted by Crippen LogP contribution is 2.35. The number of hydrogen-bond acceptors (Lipinski definition) is 3. The summed E-state index contributed by atoms with van der Waals surface area (Å²) < 4.78 is 54.5. The van der Waals surface area contributed by atoms with E-state index in [2.05, 4.69) is 4.72 Å². The summed E-state index contributed by atoms with van der Waals surface area (Å²) in [5.41, 5.74) is 1.55. The molecule has 1 aliphatic rings. The van der Waals surface area contributed by atoms with E-state index >= 15 is 0 Å². The molecule has 4 rings (SSSR count). The first-order chi connectivity index (χ1) is 14.3. The molecule has 154 valence electrons. The van der Waals surface area contributed by atoms with Gasteiger partial charge >= 0.3 is 0 Å². The highest BCUT2D eigenvalue weighted by molar-refractivity contribution is 7.92. The lowest BCUT2D eigenvalue weighted by molar-refractivity contribution is 0.0981. The Morgan fingerprint density at radius 3 is 2.47 bits per heavy atom. The Kier molecular flexibility index (Phi) is 5.03. The number of amides is 1. The minimum Gasteiger partial charge on any atom is -0.305 e. The van der Waals surface area contributed by atoms with Crippen LogP contribution in [-0.2, 0) is 16.4 Å². The average molecular weight is 428 g/mol. The zero-order valence-electron chi connectivity index (χ0n) is 16.0. The largest absolute Gasteiger partial charge is 0.305 e. The van der Waals surface area contributed by atoms with E-state index in [0.717, 1.165) is 12.1 Å². The van der Waals surface area contributed by atoms with Crippen LogP contribution in [0.3, 0.4) is 0 Å². The minimum atomic E-state index is -4.09. The molecule has 1 aliphatic heterocycles. The monoisotopic (exact) mass is 428 g/mol. The van der Waals surface area contributed by atoms with Crippen LogP contribution in [0.5, 0.6) is 0 Å². The second-order valence-electron chi connectivity index (χ2n) is 7.11. The number of carbonyl (C=O) groups excluding carboxylic acids is 1. The molecule has 3 aromatic carbocycles. The molecule has 0 saturated carbocycles. The molecule has 5 nitrogen and oxygen atoms in total. The van der Waals surface area contributed by atoms with Crippen LogP contribution in [0.1, 0.15) is 22.8 Å². The molecule has 3 aromatic rings. The molecule has 1 unspecified atom stereocenters. The quantitative estimate of drug-likeness (QED) is 0.672. The lowest BCUT2D eigenvalue weighted by Crippen LogP contribution is -2.35. The van der Waals surface area contributed by atoms with E-state index in [-0.39, 0.29) is 22.5 Å². The third-order valence-electron chi connectivity index (χ3n) is 4.99. The predicted molar refractivity (Wildman–Crippen MR) is 110 cm³/mol. The van der Waals surface area contributed by atoms with Gasteiger partial charge < -0.3 is 4.90 Å². The first-order valence-electron chi connectivity index (χ1n) is 9.25. The van der Waals surface area contributed by atoms with Crippen molar-refractivity contribution < 1.29 is 22.0 Å². The molecule has 0 fully saturated rings. The number of carbonyl (C=O) groups is 1. The highest BCUT2D eigenvalue weighted by atomic mass is 32.2. The fourth-order valence-electron chi connectivity index (χ4n) is 3.58. The Bertz CT molecular complexity index is 1230. The molecule has 0 saturated heterocycles. The molecular formula is C22H18F2N2O3S. The lowest BCUT2D eigenvalue weighted by atomic mass is 10.1. The Morgan fingerprint density at radius 1 is 1.03 bits per heavy atom. The maximum absolute atomic E-state index is 13.9. The number of hydrogen-bond donors (Lipinski definition) is 1. The summed E-state index contributed by atoms with van der Waals surface area (Å²) in [6, 6.07) is 15.7. The summed E-state index contributed by atoms with van der Waals surface area (Å²) in [4.78, 5) is 14.5. The molecule has 0 spiro atoms. The standard InChI is InChI=1S/C22H18F2N2O3S/c1-14-11-16-12-18(30(28,29)25-20-9-7-17(23)13-19(20)24)8-10-21(16)26(14)22(27)15-5-3-2-4-6-15/h2-10,12-14,25H,11H2,1H3. The van der Waals surface area contributed by atoms with Crippen molar-refractivity contribution in [2.75, 3.05) is 9.62 Å². The Labute approximate surface area is 173 Å². The molecular weight excluding hydrogens is 410 g/mol. The lowest BCUT2D eigenvalue weighted by Gasteiger charge is -2.23. The number of halogens is 2. The topological polar surface area (TPSA) is 66.5 Å². The van der Waals surface area contributed by atoms with Crippen LogP contribution in [0.15, 0.2) is 71.6 Å². The summed E-state index contributed by atoms with van der Waals surface area (Å²) in [5.74, 6) is -1.97. The van der Waals surface area contributed by atoms with E-state index in [0.29, 0.717) is 29.3 Å². The molecule has 8 heteroatoms. The Balaban J connectivity index is 1.64. The highest BCUT2D eigenvalue weighted by Gasteiger charge is 2.32. The van der Waals surface area contributed by atoms with Gasteiger partial charge in [0.05, 0.1) is 10.6 Å². The molecule has 1 amide bonds. The summed E-state index contributed by atoms with van der Waals surface area (Å²) in [7, 11) is -4.09. The zero-order valence-corrected chi connectivity index (χ0v) is 16.8. The second-order valence-corrected chi connectivity index (χ2v) is 8.80. The molecule has 0 aromatic heterocycles. The van der Waals surface area contributed by atoms with Crippen LogP contribution in [0.2, 0.25) is 0 Å². The molecule has 0 radical (unpaired) electrons. The smallest absolute Gasteiger partial charge is 0.261 e. The number of sulfonamides is 1. The first-order valence-corrected chi connectivity index (χ1v) is 10.7. The maximum Gasteiger partial charge on any atom is 0.261 e. The van der Waals surface area contributed by atoms with Crippen LogP contribution >= 0.6 is 0 Å². The van der Waals surface area contributed by atoms with Gasteiger partial charge in [-0.1, -0.05) is 18.2 Å². The number of nitrogens with zero attached hydrogens (tertiary/aromatic N) is 1. The predicted octanol–water partition coefficient (Wildman–Crippen LogP) is 4.36. The van der Waals surface area contributed by atoms with Crippen LogP contribution < -0.4 is 9.62 Å². The number of benzene rings is 3. The van der Waals surface area contributed by atoms with Crippen LogP contribution in [0.4, 0.5) is 20.2 Å². The Hall–Kier alpha value is -3.26. The summed E-state index contributed by atoms with van der Waals surface area (Å²) in [6.07, 6.45) is 0.488. The first kappa shape index (κ1) is 20.0. The van der Waals surface area contributed by atoms with Crippen molar-refractivity contribution in [2.45, 2.75) is 24.3 Å². The third kappa shape index (κ3) is 3.66. The number of fused-ring (bicyclic) bond motifs is 1. The van der Waals surface area contributed by atoms with Gasteiger partial charge in [-0.15, -0.1) is 0 Å². The SMILES string of the molecule is CC1Cc2cc(S(=O)(=O)Nc3ccc(F)cc3F)ccc2N1C(=O)c1ccccc1. The van der Waals surface area contributed by atoms with E-state index in [1.165, 1.54) is 12.1 Å². The van der Waals surface area contributed by atoms with Crippen molar-refractivity contribution in [2.24, 2.45) is 0 Å². The summed E-state index contributed by atoms with van der Waals surface area (Å²) in [6.45, 7) is 1.89. The van der Waals surface area contributed by atoms with Gasteiger partial charge in [-0.2, -0.15) is 0 Å². The average Bonchev–Trinajstić information content (AvgIpc) is 3.05. The van der Waals surface area contributed by atoms with E-state index in [1.54, 1.807) is 35.2 Å². The minimum absolute atomic E-state index is 0.0637. The van der Waals surface area contributed by atoms with Crippen molar-refractivity contribution in [3.8, 4) is 0 Å². The van der Waals surface area contributed by atoms with E-state index in [4.69, 9.17) is 0 Å². The van der Waals surface area contributed by atoms with Crippen molar-refractivity contribution in [1.82, 2.24) is 0 Å². The third-order valence-corrected chi connectivity index (χ3v) is 6.36. The van der Waals surface area contributed by atoms with Crippen molar-refractivity contribution in [3.05, 3.63) is 89.5 Å². The van der Waals surface area contributed by atoms with E-state index in [9.17, 15) is 22.0 Å². The van der Waals surface area contributed by atoms with Crippen molar-refractivity contribution in [3.63, 3.8) is 0 Å². The zero-order chi connectivity index (χ0) is 21.5. The molecule has 1 atom stereocenters. The van der Waals surface area contributed by atoms with Crippen LogP contribution in [-0.4, -0.2) is 20.4 Å². The van der Waals surface area contributed by atoms with Gasteiger partial charge in [-0.05, 0) is 61.4 Å². The van der Waals surface area contributed by atoms with Gasteiger partial charge in [-0.3, -0.25) is 9.52 Å². The molecule has 0 bridgehead atoms. The Morgan fingerprint density at radius 2 is 1.77 bits per heavy atom. The molecule has 1 heterocycles. The van der Waals surface area contributed by atoms with Gasteiger partial charge in [0.15, 0.2) is 0 Å². The fourth-order valence-corrected chi connectivity index (χ4v) is 4.70. The molecule has 0 aliphatic carbocycles. The summed E-state index contributed by atoms with van der Waals surface area (Å²) >= 11 is 0. The molecule has 30 heavy (non-hydrogen) atoms. The van der Waals surface area contributed by atoms with Crippen LogP contribution in [0, 0.1) is 11.6 Å². The fraction of sp³-hybridized carbons (Fsp3) is 0.136. The normalized spacial score (nSPS) is 15.7. The van der Waals surface area contributed by atoms with E-state index < -0.39 is 21.7 Å². The van der Waals surface area contributed by atoms with Gasteiger partial charge in [-0.25, -0.2) is 17.2 Å². The van der Waals surface area contributed by atoms with Gasteiger partial charge in [0.2, 0.25) is 0 Å². The molecule has 1 N–H and O–H groups in total. The van der Waals surface area contributed by atoms with Crippen molar-refractivity contribution in [1.29, 1.82) is 0 Å².